The number of thiophene rings is 1. The molecule has 1 aromatic heterocycles. The van der Waals surface area contributed by atoms with E-state index in [2.05, 4.69) is 23.9 Å². The molecule has 242 valence electrons. The molecular weight excluding hydrogens is 611 g/mol. The van der Waals surface area contributed by atoms with Crippen molar-refractivity contribution in [1.29, 1.82) is 0 Å². The SMILES string of the molecule is CCNC(=O)S(=O)(=O)Nc1sc(CC(C)C)cc1-c1ccc(CN(C(=O)c2ccccc2)[C@H]2CCCCC2CC(=O)OC)cc1. The van der Waals surface area contributed by atoms with Gasteiger partial charge in [0.05, 0.1) is 13.5 Å². The van der Waals surface area contributed by atoms with E-state index in [0.717, 1.165) is 48.1 Å². The summed E-state index contributed by atoms with van der Waals surface area (Å²) in [7, 11) is -2.88. The largest absolute Gasteiger partial charge is 0.469 e. The fourth-order valence-electron chi connectivity index (χ4n) is 5.85. The molecular formula is C34H43N3O6S2. The van der Waals surface area contributed by atoms with Crippen molar-refractivity contribution >= 4 is 43.5 Å². The maximum absolute atomic E-state index is 13.9. The summed E-state index contributed by atoms with van der Waals surface area (Å²) in [5.41, 5.74) is 2.99. The monoisotopic (exact) mass is 653 g/mol. The molecule has 2 atom stereocenters. The summed E-state index contributed by atoms with van der Waals surface area (Å²) in [6.45, 7) is 6.41. The Hall–Kier alpha value is -3.70. The Morgan fingerprint density at radius 3 is 2.36 bits per heavy atom. The van der Waals surface area contributed by atoms with E-state index in [0.29, 0.717) is 28.6 Å². The fourth-order valence-corrected chi connectivity index (χ4v) is 8.27. The van der Waals surface area contributed by atoms with Gasteiger partial charge in [0.1, 0.15) is 5.00 Å². The number of carbonyl (C=O) groups is 3. The normalized spacial score (nSPS) is 16.6. The van der Waals surface area contributed by atoms with Crippen molar-refractivity contribution in [2.45, 2.75) is 71.9 Å². The Morgan fingerprint density at radius 2 is 1.71 bits per heavy atom. The number of esters is 1. The number of methoxy groups -OCH3 is 1. The lowest BCUT2D eigenvalue weighted by atomic mass is 9.81. The summed E-state index contributed by atoms with van der Waals surface area (Å²) in [5.74, 6) is 0.0145. The van der Waals surface area contributed by atoms with Gasteiger partial charge in [-0.15, -0.1) is 11.3 Å². The minimum atomic E-state index is -4.28. The lowest BCUT2D eigenvalue weighted by Crippen LogP contribution is -2.46. The zero-order chi connectivity index (χ0) is 32.6. The van der Waals surface area contributed by atoms with Crippen LogP contribution >= 0.6 is 11.3 Å². The Balaban J connectivity index is 1.65. The van der Waals surface area contributed by atoms with E-state index in [9.17, 15) is 22.8 Å². The van der Waals surface area contributed by atoms with E-state index in [-0.39, 0.29) is 36.8 Å². The molecule has 0 radical (unpaired) electrons. The summed E-state index contributed by atoms with van der Waals surface area (Å²) in [6.07, 6.45) is 4.68. The number of nitrogens with zero attached hydrogens (tertiary/aromatic N) is 1. The van der Waals surface area contributed by atoms with Crippen LogP contribution in [0.1, 0.15) is 73.7 Å². The minimum Gasteiger partial charge on any atom is -0.469 e. The van der Waals surface area contributed by atoms with E-state index in [1.807, 2.05) is 65.6 Å². The molecule has 3 aromatic rings. The van der Waals surface area contributed by atoms with E-state index in [1.54, 1.807) is 6.92 Å². The van der Waals surface area contributed by atoms with Crippen LogP contribution in [0.5, 0.6) is 0 Å². The number of carbonyl (C=O) groups excluding carboxylic acids is 3. The van der Waals surface area contributed by atoms with Gasteiger partial charge in [0, 0.05) is 35.1 Å². The molecule has 1 unspecified atom stereocenters. The lowest BCUT2D eigenvalue weighted by molar-refractivity contribution is -0.142. The molecule has 2 N–H and O–H groups in total. The summed E-state index contributed by atoms with van der Waals surface area (Å²) in [4.78, 5) is 41.3. The van der Waals surface area contributed by atoms with Crippen molar-refractivity contribution in [2.24, 2.45) is 11.8 Å². The van der Waals surface area contributed by atoms with Crippen LogP contribution in [0.4, 0.5) is 9.80 Å². The number of ether oxygens (including phenoxy) is 1. The Labute approximate surface area is 270 Å². The van der Waals surface area contributed by atoms with Crippen molar-refractivity contribution in [3.05, 3.63) is 76.7 Å². The molecule has 11 heteroatoms. The van der Waals surface area contributed by atoms with Crippen LogP contribution in [0.3, 0.4) is 0 Å². The molecule has 1 saturated carbocycles. The minimum absolute atomic E-state index is 0.00353. The van der Waals surface area contributed by atoms with Crippen LogP contribution in [0, 0.1) is 11.8 Å². The second-order valence-corrected chi connectivity index (χ2v) is 14.6. The van der Waals surface area contributed by atoms with Gasteiger partial charge in [0.15, 0.2) is 0 Å². The number of hydrogen-bond donors (Lipinski definition) is 2. The van der Waals surface area contributed by atoms with Crippen molar-refractivity contribution in [2.75, 3.05) is 18.4 Å². The molecule has 1 aliphatic rings. The van der Waals surface area contributed by atoms with Crippen LogP contribution in [0.15, 0.2) is 60.7 Å². The van der Waals surface area contributed by atoms with Crippen molar-refractivity contribution in [3.63, 3.8) is 0 Å². The molecule has 0 spiro atoms. The molecule has 45 heavy (non-hydrogen) atoms. The lowest BCUT2D eigenvalue weighted by Gasteiger charge is -2.40. The topological polar surface area (TPSA) is 122 Å². The number of hydrogen-bond acceptors (Lipinski definition) is 7. The Kier molecular flexibility index (Phi) is 11.8. The smallest absolute Gasteiger partial charge is 0.357 e. The van der Waals surface area contributed by atoms with Gasteiger partial charge in [-0.1, -0.05) is 69.2 Å². The van der Waals surface area contributed by atoms with Gasteiger partial charge in [-0.2, -0.15) is 8.42 Å². The quantitative estimate of drug-likeness (QED) is 0.206. The molecule has 2 amide bonds. The first-order chi connectivity index (χ1) is 21.5. The highest BCUT2D eigenvalue weighted by atomic mass is 32.2. The zero-order valence-electron chi connectivity index (χ0n) is 26.4. The number of nitrogens with one attached hydrogen (secondary N) is 2. The molecule has 9 nitrogen and oxygen atoms in total. The first-order valence-corrected chi connectivity index (χ1v) is 17.8. The third-order valence-corrected chi connectivity index (χ3v) is 10.3. The molecule has 1 aliphatic carbocycles. The highest BCUT2D eigenvalue weighted by molar-refractivity contribution is 8.07. The predicted molar refractivity (Wildman–Crippen MR) is 179 cm³/mol. The van der Waals surface area contributed by atoms with Crippen LogP contribution in [-0.2, 0) is 32.5 Å². The van der Waals surface area contributed by atoms with Gasteiger partial charge in [-0.05, 0) is 67.3 Å². The van der Waals surface area contributed by atoms with Crippen LogP contribution < -0.4 is 10.0 Å². The molecule has 1 heterocycles. The predicted octanol–water partition coefficient (Wildman–Crippen LogP) is 6.85. The second kappa shape index (κ2) is 15.5. The third kappa shape index (κ3) is 8.94. The molecule has 0 saturated heterocycles. The average molecular weight is 654 g/mol. The van der Waals surface area contributed by atoms with Gasteiger partial charge in [-0.3, -0.25) is 19.1 Å². The van der Waals surface area contributed by atoms with Crippen molar-refractivity contribution < 1.29 is 27.5 Å². The Bertz CT molecular complexity index is 1570. The second-order valence-electron chi connectivity index (χ2n) is 11.9. The highest BCUT2D eigenvalue weighted by Crippen LogP contribution is 2.39. The molecule has 0 aliphatic heterocycles. The van der Waals surface area contributed by atoms with Crippen LogP contribution in [-0.4, -0.2) is 50.1 Å². The van der Waals surface area contributed by atoms with E-state index in [1.165, 1.54) is 18.4 Å². The summed E-state index contributed by atoms with van der Waals surface area (Å²) >= 11 is 1.33. The number of amides is 2. The number of anilines is 1. The van der Waals surface area contributed by atoms with Gasteiger partial charge in [0.25, 0.3) is 5.91 Å². The number of rotatable bonds is 12. The summed E-state index contributed by atoms with van der Waals surface area (Å²) < 4.78 is 33.0. The van der Waals surface area contributed by atoms with Crippen LogP contribution in [0.2, 0.25) is 0 Å². The van der Waals surface area contributed by atoms with E-state index in [4.69, 9.17) is 4.74 Å². The maximum atomic E-state index is 13.9. The molecule has 2 aromatic carbocycles. The van der Waals surface area contributed by atoms with Gasteiger partial charge in [-0.25, -0.2) is 0 Å². The first kappa shape index (κ1) is 34.2. The van der Waals surface area contributed by atoms with Gasteiger partial charge in [0.2, 0.25) is 0 Å². The molecule has 4 rings (SSSR count). The zero-order valence-corrected chi connectivity index (χ0v) is 28.0. The fraction of sp³-hybridized carbons (Fsp3) is 0.441. The number of benzene rings is 2. The summed E-state index contributed by atoms with van der Waals surface area (Å²) in [5, 5.41) is 1.67. The third-order valence-electron chi connectivity index (χ3n) is 8.01. The van der Waals surface area contributed by atoms with Crippen LogP contribution in [0.25, 0.3) is 11.1 Å². The standard InChI is InChI=1S/C34H43N3O6S2/c1-5-35-34(40)45(41,42)36-32-29(21-28(44-32)19-23(2)3)25-17-15-24(16-18-25)22-37(33(39)26-11-7-6-8-12-26)30-14-10-9-13-27(30)20-31(38)43-4/h6-8,11-12,15-18,21,23,27,30,36H,5,9-10,13-14,19-20,22H2,1-4H3,(H,35,40)/t27?,30-/m0/s1. The van der Waals surface area contributed by atoms with Gasteiger partial charge >= 0.3 is 21.2 Å². The Morgan fingerprint density at radius 1 is 1.02 bits per heavy atom. The van der Waals surface area contributed by atoms with Gasteiger partial charge < -0.3 is 15.0 Å². The van der Waals surface area contributed by atoms with E-state index < -0.39 is 15.3 Å². The highest BCUT2D eigenvalue weighted by Gasteiger charge is 2.35. The summed E-state index contributed by atoms with van der Waals surface area (Å²) in [6, 6.07) is 18.8. The molecule has 0 bridgehead atoms. The first-order valence-electron chi connectivity index (χ1n) is 15.5. The maximum Gasteiger partial charge on any atom is 0.357 e. The van der Waals surface area contributed by atoms with E-state index >= 15 is 0 Å². The average Bonchev–Trinajstić information content (AvgIpc) is 3.41. The number of sulfonamides is 1. The van der Waals surface area contributed by atoms with Crippen molar-refractivity contribution in [3.8, 4) is 11.1 Å². The van der Waals surface area contributed by atoms with Crippen molar-refractivity contribution in [1.82, 2.24) is 10.2 Å². The molecule has 1 fully saturated rings.